The first-order chi connectivity index (χ1) is 14.5. The van der Waals surface area contributed by atoms with Crippen LogP contribution in [0.15, 0.2) is 41.3 Å². The van der Waals surface area contributed by atoms with E-state index < -0.39 is 10.0 Å². The number of ether oxygens (including phenoxy) is 1. The van der Waals surface area contributed by atoms with Crippen LogP contribution in [0.2, 0.25) is 0 Å². The van der Waals surface area contributed by atoms with Gasteiger partial charge in [-0.25, -0.2) is 8.42 Å². The van der Waals surface area contributed by atoms with E-state index in [0.717, 1.165) is 38.5 Å². The Labute approximate surface area is 178 Å². The highest BCUT2D eigenvalue weighted by molar-refractivity contribution is 7.89. The van der Waals surface area contributed by atoms with E-state index in [9.17, 15) is 13.2 Å². The van der Waals surface area contributed by atoms with E-state index in [1.165, 1.54) is 35.0 Å². The van der Waals surface area contributed by atoms with Crippen molar-refractivity contribution in [3.8, 4) is 5.75 Å². The zero-order valence-electron chi connectivity index (χ0n) is 17.3. The maximum absolute atomic E-state index is 13.2. The molecule has 2 aromatic rings. The van der Waals surface area contributed by atoms with Gasteiger partial charge in [0, 0.05) is 24.3 Å². The molecule has 1 N–H and O–H groups in total. The highest BCUT2D eigenvalue weighted by atomic mass is 32.2. The van der Waals surface area contributed by atoms with Gasteiger partial charge in [-0.3, -0.25) is 4.79 Å². The maximum Gasteiger partial charge on any atom is 0.255 e. The SMILES string of the molecule is COc1ccc(NC(=O)c2ccc3c(c2)CCCC3)cc1S(=O)(=O)N1CCCCC1. The lowest BCUT2D eigenvalue weighted by molar-refractivity contribution is 0.102. The number of aryl methyl sites for hydroxylation is 2. The quantitative estimate of drug-likeness (QED) is 0.781. The van der Waals surface area contributed by atoms with Gasteiger partial charge in [0.15, 0.2) is 0 Å². The lowest BCUT2D eigenvalue weighted by Gasteiger charge is -2.26. The number of amides is 1. The van der Waals surface area contributed by atoms with Crippen molar-refractivity contribution in [2.45, 2.75) is 49.8 Å². The van der Waals surface area contributed by atoms with Crippen molar-refractivity contribution in [3.05, 3.63) is 53.1 Å². The third-order valence-electron chi connectivity index (χ3n) is 5.97. The first kappa shape index (κ1) is 20.9. The molecule has 0 unspecified atom stereocenters. The molecular formula is C23H28N2O4S. The minimum atomic E-state index is -3.68. The van der Waals surface area contributed by atoms with Crippen LogP contribution in [0.5, 0.6) is 5.75 Å². The third kappa shape index (κ3) is 4.23. The maximum atomic E-state index is 13.2. The van der Waals surface area contributed by atoms with Gasteiger partial charge in [-0.15, -0.1) is 0 Å². The number of nitrogens with one attached hydrogen (secondary N) is 1. The molecule has 160 valence electrons. The summed E-state index contributed by atoms with van der Waals surface area (Å²) in [6, 6.07) is 10.6. The van der Waals surface area contributed by atoms with Crippen molar-refractivity contribution in [2.75, 3.05) is 25.5 Å². The van der Waals surface area contributed by atoms with E-state index in [0.29, 0.717) is 24.3 Å². The second-order valence-corrected chi connectivity index (χ2v) is 9.88. The summed E-state index contributed by atoms with van der Waals surface area (Å²) in [5, 5.41) is 2.85. The summed E-state index contributed by atoms with van der Waals surface area (Å²) in [6.07, 6.45) is 7.16. The van der Waals surface area contributed by atoms with Gasteiger partial charge in [0.25, 0.3) is 5.91 Å². The second-order valence-electron chi connectivity index (χ2n) is 7.98. The van der Waals surface area contributed by atoms with Crippen molar-refractivity contribution >= 4 is 21.6 Å². The van der Waals surface area contributed by atoms with Gasteiger partial charge >= 0.3 is 0 Å². The largest absolute Gasteiger partial charge is 0.495 e. The molecule has 1 amide bonds. The van der Waals surface area contributed by atoms with Crippen LogP contribution in [0.3, 0.4) is 0 Å². The third-order valence-corrected chi connectivity index (χ3v) is 7.88. The van der Waals surface area contributed by atoms with E-state index in [1.807, 2.05) is 18.2 Å². The minimum absolute atomic E-state index is 0.0927. The average molecular weight is 429 g/mol. The summed E-state index contributed by atoms with van der Waals surface area (Å²) in [5.74, 6) is 0.0437. The van der Waals surface area contributed by atoms with Crippen LogP contribution in [-0.2, 0) is 22.9 Å². The van der Waals surface area contributed by atoms with E-state index in [-0.39, 0.29) is 16.6 Å². The summed E-state index contributed by atoms with van der Waals surface area (Å²) in [4.78, 5) is 12.9. The number of sulfonamides is 1. The van der Waals surface area contributed by atoms with Crippen molar-refractivity contribution in [2.24, 2.45) is 0 Å². The summed E-state index contributed by atoms with van der Waals surface area (Å²) in [7, 11) is -2.23. The number of methoxy groups -OCH3 is 1. The van der Waals surface area contributed by atoms with Gasteiger partial charge in [-0.1, -0.05) is 12.5 Å². The highest BCUT2D eigenvalue weighted by Gasteiger charge is 2.29. The van der Waals surface area contributed by atoms with E-state index in [2.05, 4.69) is 5.32 Å². The van der Waals surface area contributed by atoms with E-state index in [4.69, 9.17) is 4.74 Å². The first-order valence-electron chi connectivity index (χ1n) is 10.6. The molecule has 1 heterocycles. The average Bonchev–Trinajstić information content (AvgIpc) is 2.79. The number of rotatable bonds is 5. The van der Waals surface area contributed by atoms with Crippen LogP contribution in [-0.4, -0.2) is 38.8 Å². The molecule has 2 aliphatic rings. The molecule has 6 nitrogen and oxygen atoms in total. The molecule has 1 saturated heterocycles. The molecular weight excluding hydrogens is 400 g/mol. The number of hydrogen-bond donors (Lipinski definition) is 1. The van der Waals surface area contributed by atoms with Crippen LogP contribution in [0, 0.1) is 0 Å². The normalized spacial score (nSPS) is 17.2. The number of anilines is 1. The molecule has 1 aliphatic carbocycles. The van der Waals surface area contributed by atoms with Crippen LogP contribution < -0.4 is 10.1 Å². The summed E-state index contributed by atoms with van der Waals surface area (Å²) < 4.78 is 33.2. The fraction of sp³-hybridized carbons (Fsp3) is 0.435. The summed E-state index contributed by atoms with van der Waals surface area (Å²) >= 11 is 0. The van der Waals surface area contributed by atoms with Gasteiger partial charge in [0.2, 0.25) is 10.0 Å². The number of benzene rings is 2. The molecule has 0 atom stereocenters. The topological polar surface area (TPSA) is 75.7 Å². The first-order valence-corrected chi connectivity index (χ1v) is 12.0. The van der Waals surface area contributed by atoms with E-state index >= 15 is 0 Å². The molecule has 7 heteroatoms. The number of nitrogens with zero attached hydrogens (tertiary/aromatic N) is 1. The Kier molecular flexibility index (Phi) is 6.11. The Balaban J connectivity index is 1.59. The van der Waals surface area contributed by atoms with E-state index in [1.54, 1.807) is 12.1 Å². The molecule has 0 aromatic heterocycles. The van der Waals surface area contributed by atoms with Gasteiger partial charge in [-0.05, 0) is 80.0 Å². The van der Waals surface area contributed by atoms with Crippen molar-refractivity contribution < 1.29 is 17.9 Å². The van der Waals surface area contributed by atoms with Gasteiger partial charge in [0.05, 0.1) is 7.11 Å². The zero-order chi connectivity index (χ0) is 21.1. The molecule has 2 aromatic carbocycles. The number of piperidine rings is 1. The van der Waals surface area contributed by atoms with Crippen molar-refractivity contribution in [1.29, 1.82) is 0 Å². The number of carbonyl (C=O) groups excluding carboxylic acids is 1. The van der Waals surface area contributed by atoms with Crippen LogP contribution in [0.25, 0.3) is 0 Å². The lowest BCUT2D eigenvalue weighted by Crippen LogP contribution is -2.35. The van der Waals surface area contributed by atoms with Gasteiger partial charge in [-0.2, -0.15) is 4.31 Å². The Hall–Kier alpha value is -2.38. The van der Waals surface area contributed by atoms with Crippen molar-refractivity contribution in [3.63, 3.8) is 0 Å². The minimum Gasteiger partial charge on any atom is -0.495 e. The van der Waals surface area contributed by atoms with Crippen LogP contribution in [0.1, 0.15) is 53.6 Å². The smallest absolute Gasteiger partial charge is 0.255 e. The molecule has 0 radical (unpaired) electrons. The number of hydrogen-bond acceptors (Lipinski definition) is 4. The fourth-order valence-electron chi connectivity index (χ4n) is 4.28. The highest BCUT2D eigenvalue weighted by Crippen LogP contribution is 2.31. The molecule has 0 bridgehead atoms. The van der Waals surface area contributed by atoms with Crippen molar-refractivity contribution in [1.82, 2.24) is 4.31 Å². The Morgan fingerprint density at radius 2 is 1.67 bits per heavy atom. The predicted molar refractivity (Wildman–Crippen MR) is 117 cm³/mol. The Morgan fingerprint density at radius 3 is 2.40 bits per heavy atom. The Bertz CT molecular complexity index is 1040. The zero-order valence-corrected chi connectivity index (χ0v) is 18.1. The second kappa shape index (κ2) is 8.78. The van der Waals surface area contributed by atoms with Gasteiger partial charge in [0.1, 0.15) is 10.6 Å². The molecule has 0 spiro atoms. The molecule has 4 rings (SSSR count). The molecule has 1 fully saturated rings. The molecule has 1 aliphatic heterocycles. The monoisotopic (exact) mass is 428 g/mol. The molecule has 30 heavy (non-hydrogen) atoms. The predicted octanol–water partition coefficient (Wildman–Crippen LogP) is 4.00. The van der Waals surface area contributed by atoms with Crippen LogP contribution >= 0.6 is 0 Å². The number of carbonyl (C=O) groups is 1. The standard InChI is InChI=1S/C23H28N2O4S/c1-29-21-12-11-20(16-22(21)30(27,28)25-13-5-2-6-14-25)24-23(26)19-10-9-17-7-3-4-8-18(17)15-19/h9-12,15-16H,2-8,13-14H2,1H3,(H,24,26). The lowest BCUT2D eigenvalue weighted by atomic mass is 9.90. The number of fused-ring (bicyclic) bond motifs is 1. The molecule has 0 saturated carbocycles. The Morgan fingerprint density at radius 1 is 0.933 bits per heavy atom. The fourth-order valence-corrected chi connectivity index (χ4v) is 5.98. The summed E-state index contributed by atoms with van der Waals surface area (Å²) in [6.45, 7) is 1.02. The summed E-state index contributed by atoms with van der Waals surface area (Å²) in [5.41, 5.74) is 3.58. The van der Waals surface area contributed by atoms with Gasteiger partial charge < -0.3 is 10.1 Å². The van der Waals surface area contributed by atoms with Crippen LogP contribution in [0.4, 0.5) is 5.69 Å².